The van der Waals surface area contributed by atoms with Gasteiger partial charge in [-0.3, -0.25) is 4.68 Å². The first-order valence-corrected chi connectivity index (χ1v) is 8.40. The van der Waals surface area contributed by atoms with Crippen LogP contribution >= 0.6 is 0 Å². The number of hydrogen-bond acceptors (Lipinski definition) is 4. The molecule has 1 aromatic carbocycles. The topological polar surface area (TPSA) is 87.2 Å². The highest BCUT2D eigenvalue weighted by atomic mass is 32.2. The summed E-state index contributed by atoms with van der Waals surface area (Å²) in [6.07, 6.45) is 3.39. The number of sulfonamides is 1. The van der Waals surface area contributed by atoms with Crippen LogP contribution in [0.15, 0.2) is 42.7 Å². The van der Waals surface area contributed by atoms with Crippen LogP contribution in [0.4, 0.5) is 0 Å². The minimum Gasteiger partial charge on any atom is -0.490 e. The van der Waals surface area contributed by atoms with Gasteiger partial charge in [-0.15, -0.1) is 0 Å². The van der Waals surface area contributed by atoms with Gasteiger partial charge in [0.15, 0.2) is 5.75 Å². The van der Waals surface area contributed by atoms with Crippen LogP contribution in [0.5, 0.6) is 5.75 Å². The van der Waals surface area contributed by atoms with Crippen molar-refractivity contribution in [3.05, 3.63) is 48.3 Å². The van der Waals surface area contributed by atoms with E-state index in [0.717, 1.165) is 12.1 Å². The number of nitrogens with zero attached hydrogens (tertiary/aromatic N) is 2. The molecule has 1 aromatic heterocycles. The van der Waals surface area contributed by atoms with Gasteiger partial charge in [-0.05, 0) is 12.5 Å². The number of hydrogen-bond donors (Lipinski definition) is 1. The van der Waals surface area contributed by atoms with Gasteiger partial charge in [-0.25, -0.2) is 13.6 Å². The molecule has 2 aromatic rings. The molecule has 1 atom stereocenters. The Morgan fingerprint density at radius 3 is 2.62 bits per heavy atom. The number of aryl methyl sites for hydroxylation is 1. The van der Waals surface area contributed by atoms with Gasteiger partial charge in [0.2, 0.25) is 10.0 Å². The molecular weight excluding hydrogens is 290 g/mol. The van der Waals surface area contributed by atoms with E-state index in [1.165, 1.54) is 0 Å². The molecule has 0 aliphatic rings. The molecule has 0 spiro atoms. The second kappa shape index (κ2) is 6.73. The number of nitrogens with two attached hydrogens (primary N) is 1. The maximum atomic E-state index is 11.4. The molecule has 1 heterocycles. The lowest BCUT2D eigenvalue weighted by atomic mass is 10.0. The Hall–Kier alpha value is -1.86. The lowest BCUT2D eigenvalue weighted by molar-refractivity contribution is 0.296. The molecule has 114 valence electrons. The number of ether oxygens (including phenoxy) is 1. The highest BCUT2D eigenvalue weighted by molar-refractivity contribution is 7.89. The second-order valence-corrected chi connectivity index (χ2v) is 6.44. The average molecular weight is 309 g/mol. The van der Waals surface area contributed by atoms with Crippen LogP contribution in [0.25, 0.3) is 0 Å². The summed E-state index contributed by atoms with van der Waals surface area (Å²) in [4.78, 5) is 0. The minimum atomic E-state index is -3.58. The van der Waals surface area contributed by atoms with Crippen molar-refractivity contribution in [1.29, 1.82) is 0 Å². The lowest BCUT2D eigenvalue weighted by Crippen LogP contribution is -2.25. The normalized spacial score (nSPS) is 13.0. The fourth-order valence-corrected chi connectivity index (χ4v) is 2.88. The average Bonchev–Trinajstić information content (AvgIpc) is 2.91. The van der Waals surface area contributed by atoms with Crippen molar-refractivity contribution >= 4 is 10.0 Å². The lowest BCUT2D eigenvalue weighted by Gasteiger charge is -2.16. The van der Waals surface area contributed by atoms with Crippen molar-refractivity contribution in [2.24, 2.45) is 5.14 Å². The number of benzene rings is 1. The van der Waals surface area contributed by atoms with E-state index >= 15 is 0 Å². The molecule has 2 N–H and O–H groups in total. The number of rotatable bonds is 7. The van der Waals surface area contributed by atoms with Gasteiger partial charge in [0.05, 0.1) is 24.8 Å². The van der Waals surface area contributed by atoms with Crippen molar-refractivity contribution in [3.8, 4) is 5.75 Å². The summed E-state index contributed by atoms with van der Waals surface area (Å²) in [6, 6.07) is 9.34. The van der Waals surface area contributed by atoms with Crippen molar-refractivity contribution in [1.82, 2.24) is 9.78 Å². The number of primary sulfonamides is 1. The van der Waals surface area contributed by atoms with E-state index in [4.69, 9.17) is 9.88 Å². The van der Waals surface area contributed by atoms with E-state index in [2.05, 4.69) is 5.10 Å². The first-order valence-electron chi connectivity index (χ1n) is 6.68. The molecule has 7 heteroatoms. The van der Waals surface area contributed by atoms with Crippen molar-refractivity contribution in [2.75, 3.05) is 12.4 Å². The first-order chi connectivity index (χ1) is 9.98. The van der Waals surface area contributed by atoms with Crippen molar-refractivity contribution < 1.29 is 13.2 Å². The molecule has 0 saturated carbocycles. The van der Waals surface area contributed by atoms with Crippen LogP contribution in [0.2, 0.25) is 0 Å². The highest BCUT2D eigenvalue weighted by Crippen LogP contribution is 2.19. The Labute approximate surface area is 124 Å². The van der Waals surface area contributed by atoms with E-state index in [-0.39, 0.29) is 18.3 Å². The standard InChI is InChI=1S/C14H19N3O3S/c1-2-17-9-14(8-16-17)20-10-13(11-21(15,18)19)12-6-4-3-5-7-12/h3-9,13H,2,10-11H2,1H3,(H2,15,18,19). The van der Waals surface area contributed by atoms with Gasteiger partial charge in [0, 0.05) is 12.5 Å². The highest BCUT2D eigenvalue weighted by Gasteiger charge is 2.19. The maximum Gasteiger partial charge on any atom is 0.209 e. The van der Waals surface area contributed by atoms with Gasteiger partial charge < -0.3 is 4.74 Å². The molecule has 0 radical (unpaired) electrons. The molecule has 2 rings (SSSR count). The first kappa shape index (κ1) is 15.5. The van der Waals surface area contributed by atoms with Crippen LogP contribution in [0.1, 0.15) is 18.4 Å². The zero-order valence-corrected chi connectivity index (χ0v) is 12.7. The van der Waals surface area contributed by atoms with Gasteiger partial charge in [-0.2, -0.15) is 5.10 Å². The third-order valence-corrected chi connectivity index (χ3v) is 3.96. The van der Waals surface area contributed by atoms with Crippen LogP contribution in [0, 0.1) is 0 Å². The van der Waals surface area contributed by atoms with Crippen LogP contribution in [0.3, 0.4) is 0 Å². The van der Waals surface area contributed by atoms with E-state index in [1.807, 2.05) is 37.3 Å². The van der Waals surface area contributed by atoms with Gasteiger partial charge in [0.1, 0.15) is 0 Å². The van der Waals surface area contributed by atoms with E-state index < -0.39 is 10.0 Å². The third-order valence-electron chi connectivity index (χ3n) is 3.09. The summed E-state index contributed by atoms with van der Waals surface area (Å²) >= 11 is 0. The zero-order chi connectivity index (χ0) is 15.3. The quantitative estimate of drug-likeness (QED) is 0.836. The molecule has 0 amide bonds. The largest absolute Gasteiger partial charge is 0.490 e. The zero-order valence-electron chi connectivity index (χ0n) is 11.8. The maximum absolute atomic E-state index is 11.4. The van der Waals surface area contributed by atoms with Gasteiger partial charge in [0.25, 0.3) is 0 Å². The van der Waals surface area contributed by atoms with Crippen molar-refractivity contribution in [3.63, 3.8) is 0 Å². The Balaban J connectivity index is 2.09. The van der Waals surface area contributed by atoms with E-state index in [9.17, 15) is 8.42 Å². The predicted molar refractivity (Wildman–Crippen MR) is 80.6 cm³/mol. The summed E-state index contributed by atoms with van der Waals surface area (Å²) in [5, 5.41) is 9.28. The second-order valence-electron chi connectivity index (χ2n) is 4.78. The Morgan fingerprint density at radius 2 is 2.05 bits per heavy atom. The summed E-state index contributed by atoms with van der Waals surface area (Å²) in [7, 11) is -3.58. The monoisotopic (exact) mass is 309 g/mol. The molecule has 1 unspecified atom stereocenters. The van der Waals surface area contributed by atoms with Gasteiger partial charge in [-0.1, -0.05) is 30.3 Å². The van der Waals surface area contributed by atoms with Crippen molar-refractivity contribution in [2.45, 2.75) is 19.4 Å². The molecule has 6 nitrogen and oxygen atoms in total. The van der Waals surface area contributed by atoms with E-state index in [1.54, 1.807) is 17.1 Å². The molecule has 0 fully saturated rings. The predicted octanol–water partition coefficient (Wildman–Crippen LogP) is 1.35. The summed E-state index contributed by atoms with van der Waals surface area (Å²) in [6.45, 7) is 2.96. The summed E-state index contributed by atoms with van der Waals surface area (Å²) in [5.74, 6) is 0.150. The fourth-order valence-electron chi connectivity index (χ4n) is 2.04. The molecule has 0 bridgehead atoms. The molecule has 0 aliphatic heterocycles. The van der Waals surface area contributed by atoms with Crippen LogP contribution in [-0.4, -0.2) is 30.6 Å². The third kappa shape index (κ3) is 4.87. The Bertz CT molecular complexity index is 668. The number of aromatic nitrogens is 2. The van der Waals surface area contributed by atoms with Crippen LogP contribution < -0.4 is 9.88 Å². The Morgan fingerprint density at radius 1 is 1.33 bits per heavy atom. The summed E-state index contributed by atoms with van der Waals surface area (Å²) < 4.78 is 30.2. The molecule has 21 heavy (non-hydrogen) atoms. The van der Waals surface area contributed by atoms with Crippen LogP contribution in [-0.2, 0) is 16.6 Å². The van der Waals surface area contributed by atoms with Gasteiger partial charge >= 0.3 is 0 Å². The minimum absolute atomic E-state index is 0.154. The smallest absolute Gasteiger partial charge is 0.209 e. The Kier molecular flexibility index (Phi) is 4.98. The van der Waals surface area contributed by atoms with E-state index in [0.29, 0.717) is 5.75 Å². The molecule has 0 aliphatic carbocycles. The SMILES string of the molecule is CCn1cc(OCC(CS(N)(=O)=O)c2ccccc2)cn1. The fraction of sp³-hybridized carbons (Fsp3) is 0.357. The summed E-state index contributed by atoms with van der Waals surface area (Å²) in [5.41, 5.74) is 0.884. The molecule has 0 saturated heterocycles. The molecular formula is C14H19N3O3S.